The Hall–Kier alpha value is -0.120. The highest BCUT2D eigenvalue weighted by atomic mass is 16.5. The molecule has 0 saturated carbocycles. The van der Waals surface area contributed by atoms with E-state index in [2.05, 4.69) is 37.9 Å². The molecule has 0 aliphatic carbocycles. The second-order valence-corrected chi connectivity index (χ2v) is 7.35. The summed E-state index contributed by atoms with van der Waals surface area (Å²) in [5, 5.41) is 3.77. The first kappa shape index (κ1) is 16.3. The summed E-state index contributed by atoms with van der Waals surface area (Å²) in [4.78, 5) is 2.74. The van der Waals surface area contributed by atoms with Gasteiger partial charge in [0, 0.05) is 31.3 Å². The quantitative estimate of drug-likeness (QED) is 0.810. The van der Waals surface area contributed by atoms with Gasteiger partial charge in [0.15, 0.2) is 0 Å². The molecule has 1 N–H and O–H groups in total. The van der Waals surface area contributed by atoms with Gasteiger partial charge in [0.05, 0.1) is 6.10 Å². The number of piperazine rings is 1. The van der Waals surface area contributed by atoms with Crippen LogP contribution in [0.15, 0.2) is 0 Å². The maximum Gasteiger partial charge on any atom is 0.0576 e. The summed E-state index contributed by atoms with van der Waals surface area (Å²) in [6, 6.07) is 0.694. The molecule has 2 fully saturated rings. The van der Waals surface area contributed by atoms with Crippen LogP contribution in [0.25, 0.3) is 0 Å². The zero-order valence-electron chi connectivity index (χ0n) is 14.0. The van der Waals surface area contributed by atoms with E-state index in [4.69, 9.17) is 4.74 Å². The van der Waals surface area contributed by atoms with Gasteiger partial charge in [0.2, 0.25) is 0 Å². The van der Waals surface area contributed by atoms with Crippen molar-refractivity contribution in [3.05, 3.63) is 0 Å². The predicted octanol–water partition coefficient (Wildman–Crippen LogP) is 3.04. The Balaban J connectivity index is 1.83. The zero-order chi connectivity index (χ0) is 14.6. The molecule has 118 valence electrons. The lowest BCUT2D eigenvalue weighted by atomic mass is 9.89. The molecule has 3 nitrogen and oxygen atoms in total. The summed E-state index contributed by atoms with van der Waals surface area (Å²) in [5.74, 6) is 0.728. The smallest absolute Gasteiger partial charge is 0.0576 e. The van der Waals surface area contributed by atoms with Gasteiger partial charge in [0.1, 0.15) is 0 Å². The van der Waals surface area contributed by atoms with Gasteiger partial charge in [-0.1, -0.05) is 20.8 Å². The van der Waals surface area contributed by atoms with Gasteiger partial charge >= 0.3 is 0 Å². The van der Waals surface area contributed by atoms with E-state index in [0.29, 0.717) is 17.7 Å². The monoisotopic (exact) mass is 282 g/mol. The second-order valence-electron chi connectivity index (χ2n) is 7.35. The molecule has 2 saturated heterocycles. The molecule has 2 heterocycles. The minimum Gasteiger partial charge on any atom is -0.378 e. The van der Waals surface area contributed by atoms with Gasteiger partial charge in [-0.15, -0.1) is 0 Å². The predicted molar refractivity (Wildman–Crippen MR) is 85.1 cm³/mol. The van der Waals surface area contributed by atoms with E-state index in [0.717, 1.165) is 19.1 Å². The summed E-state index contributed by atoms with van der Waals surface area (Å²) in [5.41, 5.74) is 0.301. The van der Waals surface area contributed by atoms with Crippen LogP contribution in [0.3, 0.4) is 0 Å². The first-order chi connectivity index (χ1) is 9.54. The fraction of sp³-hybridized carbons (Fsp3) is 1.00. The van der Waals surface area contributed by atoms with Gasteiger partial charge in [0.25, 0.3) is 0 Å². The lowest BCUT2D eigenvalue weighted by Crippen LogP contribution is -2.64. The number of nitrogens with zero attached hydrogens (tertiary/aromatic N) is 1. The number of rotatable bonds is 6. The lowest BCUT2D eigenvalue weighted by molar-refractivity contribution is 0.0510. The van der Waals surface area contributed by atoms with E-state index < -0.39 is 0 Å². The normalized spacial score (nSPS) is 35.9. The first-order valence-corrected chi connectivity index (χ1v) is 8.65. The summed E-state index contributed by atoms with van der Waals surface area (Å²) < 4.78 is 5.75. The highest BCUT2D eigenvalue weighted by Crippen LogP contribution is 2.24. The molecule has 0 radical (unpaired) electrons. The summed E-state index contributed by atoms with van der Waals surface area (Å²) in [7, 11) is 0. The molecule has 0 amide bonds. The van der Waals surface area contributed by atoms with E-state index in [-0.39, 0.29) is 0 Å². The van der Waals surface area contributed by atoms with Crippen LogP contribution < -0.4 is 5.32 Å². The molecular formula is C17H34N2O. The van der Waals surface area contributed by atoms with Gasteiger partial charge in [-0.25, -0.2) is 0 Å². The number of hydrogen-bond donors (Lipinski definition) is 1. The molecule has 20 heavy (non-hydrogen) atoms. The molecule has 0 bridgehead atoms. The lowest BCUT2D eigenvalue weighted by Gasteiger charge is -2.47. The standard InChI is InChI=1S/C17H34N2O/c1-5-17(4)13-19(16(12-18-17)14(2)3)10-6-8-15-9-7-11-20-15/h14-16,18H,5-13H2,1-4H3. The Morgan fingerprint density at radius 2 is 2.20 bits per heavy atom. The highest BCUT2D eigenvalue weighted by Gasteiger charge is 2.35. The van der Waals surface area contributed by atoms with Crippen molar-refractivity contribution in [2.24, 2.45) is 5.92 Å². The Kier molecular flexibility index (Phi) is 5.88. The maximum atomic E-state index is 5.75. The third kappa shape index (κ3) is 4.19. The molecule has 2 rings (SSSR count). The van der Waals surface area contributed by atoms with Gasteiger partial charge < -0.3 is 10.1 Å². The van der Waals surface area contributed by atoms with Crippen LogP contribution in [0.2, 0.25) is 0 Å². The largest absolute Gasteiger partial charge is 0.378 e. The van der Waals surface area contributed by atoms with Crippen LogP contribution in [-0.4, -0.2) is 48.8 Å². The van der Waals surface area contributed by atoms with Crippen molar-refractivity contribution in [2.75, 3.05) is 26.2 Å². The van der Waals surface area contributed by atoms with Gasteiger partial charge in [-0.2, -0.15) is 0 Å². The second kappa shape index (κ2) is 7.24. The van der Waals surface area contributed by atoms with Crippen molar-refractivity contribution in [1.29, 1.82) is 0 Å². The Labute approximate surface area is 125 Å². The van der Waals surface area contributed by atoms with Gasteiger partial charge in [-0.05, 0) is 51.5 Å². The van der Waals surface area contributed by atoms with Crippen LogP contribution in [0.4, 0.5) is 0 Å². The third-order valence-corrected chi connectivity index (χ3v) is 5.30. The average Bonchev–Trinajstić information content (AvgIpc) is 2.92. The summed E-state index contributed by atoms with van der Waals surface area (Å²) in [6.07, 6.45) is 6.83. The molecule has 0 aromatic heterocycles. The number of ether oxygens (including phenoxy) is 1. The molecule has 0 aromatic rings. The minimum absolute atomic E-state index is 0.301. The third-order valence-electron chi connectivity index (χ3n) is 5.30. The minimum atomic E-state index is 0.301. The van der Waals surface area contributed by atoms with E-state index >= 15 is 0 Å². The van der Waals surface area contributed by atoms with Crippen molar-refractivity contribution >= 4 is 0 Å². The summed E-state index contributed by atoms with van der Waals surface area (Å²) in [6.45, 7) is 13.9. The first-order valence-electron chi connectivity index (χ1n) is 8.65. The molecule has 0 aromatic carbocycles. The van der Waals surface area contributed by atoms with E-state index in [1.807, 2.05) is 0 Å². The molecule has 0 spiro atoms. The topological polar surface area (TPSA) is 24.5 Å². The summed E-state index contributed by atoms with van der Waals surface area (Å²) >= 11 is 0. The molecule has 3 unspecified atom stereocenters. The van der Waals surface area contributed by atoms with Crippen molar-refractivity contribution in [2.45, 2.75) is 77.5 Å². The van der Waals surface area contributed by atoms with Crippen LogP contribution >= 0.6 is 0 Å². The van der Waals surface area contributed by atoms with Crippen LogP contribution in [-0.2, 0) is 4.74 Å². The highest BCUT2D eigenvalue weighted by molar-refractivity contribution is 4.95. The molecule has 2 aliphatic rings. The van der Waals surface area contributed by atoms with E-state index in [1.54, 1.807) is 0 Å². The Morgan fingerprint density at radius 3 is 2.80 bits per heavy atom. The fourth-order valence-electron chi connectivity index (χ4n) is 3.63. The fourth-order valence-corrected chi connectivity index (χ4v) is 3.63. The van der Waals surface area contributed by atoms with Crippen molar-refractivity contribution < 1.29 is 4.74 Å². The van der Waals surface area contributed by atoms with Crippen molar-refractivity contribution in [1.82, 2.24) is 10.2 Å². The van der Waals surface area contributed by atoms with Crippen LogP contribution in [0.5, 0.6) is 0 Å². The Morgan fingerprint density at radius 1 is 1.40 bits per heavy atom. The van der Waals surface area contributed by atoms with Crippen molar-refractivity contribution in [3.8, 4) is 0 Å². The zero-order valence-corrected chi connectivity index (χ0v) is 14.0. The van der Waals surface area contributed by atoms with E-state index in [1.165, 1.54) is 45.2 Å². The molecule has 3 atom stereocenters. The molecular weight excluding hydrogens is 248 g/mol. The number of hydrogen-bond acceptors (Lipinski definition) is 3. The Bertz CT molecular complexity index is 289. The van der Waals surface area contributed by atoms with Crippen LogP contribution in [0, 0.1) is 5.92 Å². The SMILES string of the molecule is CCC1(C)CN(CCCC2CCCO2)C(C(C)C)CN1. The van der Waals surface area contributed by atoms with E-state index in [9.17, 15) is 0 Å². The molecule has 3 heteroatoms. The number of nitrogens with one attached hydrogen (secondary N) is 1. The average molecular weight is 282 g/mol. The van der Waals surface area contributed by atoms with Gasteiger partial charge in [-0.3, -0.25) is 4.90 Å². The maximum absolute atomic E-state index is 5.75. The van der Waals surface area contributed by atoms with Crippen LogP contribution in [0.1, 0.15) is 59.8 Å². The van der Waals surface area contributed by atoms with Crippen molar-refractivity contribution in [3.63, 3.8) is 0 Å². The molecule has 2 aliphatic heterocycles.